The Labute approximate surface area is 211 Å². The number of aliphatic hydroxyl groups is 1. The number of fused-ring (bicyclic) bond motifs is 1. The van der Waals surface area contributed by atoms with Gasteiger partial charge in [0.15, 0.2) is 11.5 Å². The van der Waals surface area contributed by atoms with E-state index >= 15 is 0 Å². The summed E-state index contributed by atoms with van der Waals surface area (Å²) >= 11 is 15.7. The number of hydrogen-bond donors (Lipinski definition) is 1. The number of aliphatic hydroxyl groups excluding tert-OH is 1. The van der Waals surface area contributed by atoms with Crippen molar-refractivity contribution in [2.75, 3.05) is 4.90 Å². The van der Waals surface area contributed by atoms with Crippen molar-refractivity contribution >= 4 is 67.5 Å². The van der Waals surface area contributed by atoms with Gasteiger partial charge in [0.05, 0.1) is 21.7 Å². The van der Waals surface area contributed by atoms with Gasteiger partial charge in [-0.1, -0.05) is 51.3 Å². The van der Waals surface area contributed by atoms with Crippen molar-refractivity contribution in [1.82, 2.24) is 0 Å². The highest BCUT2D eigenvalue weighted by Crippen LogP contribution is 2.43. The van der Waals surface area contributed by atoms with Crippen LogP contribution in [0.3, 0.4) is 0 Å². The van der Waals surface area contributed by atoms with Gasteiger partial charge in [-0.2, -0.15) is 0 Å². The maximum atomic E-state index is 14.0. The van der Waals surface area contributed by atoms with Crippen LogP contribution in [0.1, 0.15) is 22.2 Å². The van der Waals surface area contributed by atoms with Crippen molar-refractivity contribution in [3.8, 4) is 0 Å². The Balaban J connectivity index is 1.68. The molecule has 4 aromatic rings. The summed E-state index contributed by atoms with van der Waals surface area (Å²) in [6.07, 6.45) is 0. The molecule has 5 rings (SSSR count). The van der Waals surface area contributed by atoms with E-state index in [4.69, 9.17) is 27.6 Å². The van der Waals surface area contributed by atoms with Crippen molar-refractivity contribution in [3.63, 3.8) is 0 Å². The van der Waals surface area contributed by atoms with Gasteiger partial charge >= 0.3 is 0 Å². The summed E-state index contributed by atoms with van der Waals surface area (Å²) in [6, 6.07) is 15.6. The summed E-state index contributed by atoms with van der Waals surface area (Å²) in [4.78, 5) is 27.9. The third-order valence-corrected chi connectivity index (χ3v) is 6.73. The molecular formula is C25H13BrCl2FNO4. The summed E-state index contributed by atoms with van der Waals surface area (Å²) in [6.45, 7) is 0. The predicted octanol–water partition coefficient (Wildman–Crippen LogP) is 7.42. The van der Waals surface area contributed by atoms with Gasteiger partial charge in [-0.15, -0.1) is 0 Å². The monoisotopic (exact) mass is 559 g/mol. The Morgan fingerprint density at radius 1 is 1.03 bits per heavy atom. The average Bonchev–Trinajstić information content (AvgIpc) is 3.34. The summed E-state index contributed by atoms with van der Waals surface area (Å²) in [5, 5.41) is 12.0. The van der Waals surface area contributed by atoms with Gasteiger partial charge in [0.2, 0.25) is 5.78 Å². The van der Waals surface area contributed by atoms with Crippen LogP contribution in [0.15, 0.2) is 87.0 Å². The molecular weight excluding hydrogens is 548 g/mol. The largest absolute Gasteiger partial charge is 0.503 e. The zero-order valence-electron chi connectivity index (χ0n) is 17.1. The van der Waals surface area contributed by atoms with E-state index in [1.54, 1.807) is 24.3 Å². The summed E-state index contributed by atoms with van der Waals surface area (Å²) in [7, 11) is 0. The molecule has 3 aromatic carbocycles. The average molecular weight is 561 g/mol. The number of rotatable bonds is 4. The first-order valence-electron chi connectivity index (χ1n) is 9.95. The number of halogens is 4. The molecule has 1 aromatic heterocycles. The number of carbonyl (C=O) groups is 2. The zero-order chi connectivity index (χ0) is 24.1. The minimum Gasteiger partial charge on any atom is -0.503 e. The van der Waals surface area contributed by atoms with E-state index in [0.29, 0.717) is 16.5 Å². The van der Waals surface area contributed by atoms with Crippen LogP contribution in [0.4, 0.5) is 10.1 Å². The minimum atomic E-state index is -1.10. The topological polar surface area (TPSA) is 70.8 Å². The highest BCUT2D eigenvalue weighted by Gasteiger charge is 2.45. The van der Waals surface area contributed by atoms with Crippen LogP contribution < -0.4 is 4.90 Å². The Morgan fingerprint density at radius 3 is 2.56 bits per heavy atom. The van der Waals surface area contributed by atoms with Crippen LogP contribution in [-0.4, -0.2) is 16.8 Å². The van der Waals surface area contributed by atoms with Crippen LogP contribution in [0.5, 0.6) is 0 Å². The number of hydrogen-bond acceptors (Lipinski definition) is 4. The fourth-order valence-electron chi connectivity index (χ4n) is 3.99. The standard InChI is InChI=1S/C25H13BrCl2FNO4/c26-14-5-7-19-13(8-14)10-20(34-19)23(31)21-22(12-4-6-17(27)18(28)9-12)30(25(33)24(21)32)16-3-1-2-15(29)11-16/h1-11,22,32H. The molecule has 2 heterocycles. The molecule has 1 aliphatic heterocycles. The van der Waals surface area contributed by atoms with E-state index in [9.17, 15) is 19.1 Å². The highest BCUT2D eigenvalue weighted by atomic mass is 79.9. The van der Waals surface area contributed by atoms with Crippen LogP contribution in [0.25, 0.3) is 11.0 Å². The van der Waals surface area contributed by atoms with Gasteiger partial charge in [-0.05, 0) is 60.2 Å². The number of anilines is 1. The van der Waals surface area contributed by atoms with Crippen molar-refractivity contribution < 1.29 is 23.5 Å². The maximum Gasteiger partial charge on any atom is 0.294 e. The molecule has 0 saturated heterocycles. The predicted molar refractivity (Wildman–Crippen MR) is 131 cm³/mol. The van der Waals surface area contributed by atoms with Gasteiger partial charge in [-0.25, -0.2) is 4.39 Å². The molecule has 0 saturated carbocycles. The first kappa shape index (κ1) is 22.7. The third-order valence-electron chi connectivity index (χ3n) is 5.50. The molecule has 0 radical (unpaired) electrons. The van der Waals surface area contributed by atoms with E-state index in [1.807, 2.05) is 0 Å². The Bertz CT molecular complexity index is 1530. The second-order valence-electron chi connectivity index (χ2n) is 7.62. The number of furan rings is 1. The van der Waals surface area contributed by atoms with Crippen LogP contribution >= 0.6 is 39.1 Å². The van der Waals surface area contributed by atoms with Crippen LogP contribution in [-0.2, 0) is 4.79 Å². The van der Waals surface area contributed by atoms with Gasteiger partial charge in [-0.3, -0.25) is 14.5 Å². The van der Waals surface area contributed by atoms with Gasteiger partial charge in [0.1, 0.15) is 11.4 Å². The van der Waals surface area contributed by atoms with E-state index < -0.39 is 29.3 Å². The number of nitrogens with zero attached hydrogens (tertiary/aromatic N) is 1. The number of benzene rings is 3. The van der Waals surface area contributed by atoms with Gasteiger partial charge in [0, 0.05) is 15.5 Å². The summed E-state index contributed by atoms with van der Waals surface area (Å²) in [5.41, 5.74) is 0.803. The molecule has 1 unspecified atom stereocenters. The maximum absolute atomic E-state index is 14.0. The lowest BCUT2D eigenvalue weighted by Crippen LogP contribution is -2.31. The highest BCUT2D eigenvalue weighted by molar-refractivity contribution is 9.10. The molecule has 0 fully saturated rings. The van der Waals surface area contributed by atoms with E-state index in [2.05, 4.69) is 15.9 Å². The fourth-order valence-corrected chi connectivity index (χ4v) is 4.67. The number of Topliss-reactive ketones (excluding diaryl/α,β-unsaturated/α-hetero) is 1. The lowest BCUT2D eigenvalue weighted by molar-refractivity contribution is -0.117. The van der Waals surface area contributed by atoms with E-state index in [0.717, 1.165) is 15.4 Å². The van der Waals surface area contributed by atoms with Crippen molar-refractivity contribution in [3.05, 3.63) is 110 Å². The second kappa shape index (κ2) is 8.58. The first-order valence-corrected chi connectivity index (χ1v) is 11.5. The first-order chi connectivity index (χ1) is 16.2. The molecule has 1 N–H and O–H groups in total. The Kier molecular flexibility index (Phi) is 5.72. The second-order valence-corrected chi connectivity index (χ2v) is 9.35. The SMILES string of the molecule is O=C(C1=C(O)C(=O)N(c2cccc(F)c2)C1c1ccc(Cl)c(Cl)c1)c1cc2cc(Br)ccc2o1. The molecule has 0 aliphatic carbocycles. The molecule has 1 atom stereocenters. The van der Waals surface area contributed by atoms with E-state index in [1.165, 1.54) is 36.4 Å². The molecule has 1 aliphatic rings. The van der Waals surface area contributed by atoms with Crippen molar-refractivity contribution in [1.29, 1.82) is 0 Å². The third kappa shape index (κ3) is 3.79. The molecule has 5 nitrogen and oxygen atoms in total. The lowest BCUT2D eigenvalue weighted by Gasteiger charge is -2.27. The van der Waals surface area contributed by atoms with Crippen LogP contribution in [0, 0.1) is 5.82 Å². The molecule has 34 heavy (non-hydrogen) atoms. The van der Waals surface area contributed by atoms with Crippen LogP contribution in [0.2, 0.25) is 10.0 Å². The Morgan fingerprint density at radius 2 is 1.82 bits per heavy atom. The molecule has 9 heteroatoms. The molecule has 170 valence electrons. The molecule has 1 amide bonds. The summed E-state index contributed by atoms with van der Waals surface area (Å²) in [5.74, 6) is -2.95. The van der Waals surface area contributed by atoms with Crippen molar-refractivity contribution in [2.24, 2.45) is 0 Å². The Hall–Kier alpha value is -3.13. The van der Waals surface area contributed by atoms with Crippen molar-refractivity contribution in [2.45, 2.75) is 6.04 Å². The molecule has 0 spiro atoms. The number of ketones is 1. The minimum absolute atomic E-state index is 0.0615. The number of carbonyl (C=O) groups excluding carboxylic acids is 2. The lowest BCUT2D eigenvalue weighted by atomic mass is 9.94. The van der Waals surface area contributed by atoms with E-state index in [-0.39, 0.29) is 27.1 Å². The van der Waals surface area contributed by atoms with Gasteiger partial charge < -0.3 is 9.52 Å². The molecule has 0 bridgehead atoms. The quantitative estimate of drug-likeness (QED) is 0.263. The number of amides is 1. The zero-order valence-corrected chi connectivity index (χ0v) is 20.2. The smallest absolute Gasteiger partial charge is 0.294 e. The normalized spacial score (nSPS) is 16.1. The fraction of sp³-hybridized carbons (Fsp3) is 0.0400. The van der Waals surface area contributed by atoms with Gasteiger partial charge in [0.25, 0.3) is 5.91 Å². The summed E-state index contributed by atoms with van der Waals surface area (Å²) < 4.78 is 20.5.